The van der Waals surface area contributed by atoms with Crippen LogP contribution in [0.25, 0.3) is 0 Å². The van der Waals surface area contributed by atoms with Crippen LogP contribution in [0.4, 0.5) is 0 Å². The fourth-order valence-electron chi connectivity index (χ4n) is 4.12. The summed E-state index contributed by atoms with van der Waals surface area (Å²) in [4.78, 5) is 12.6. The van der Waals surface area contributed by atoms with Crippen molar-refractivity contribution in [1.29, 1.82) is 0 Å². The first kappa shape index (κ1) is 22.7. The molecule has 1 saturated carbocycles. The Morgan fingerprint density at radius 2 is 1.73 bits per heavy atom. The SMILES string of the molecule is CCCN(CCC)S(=O)(=O)c1ccc(C(=O)NNC(=S)N[C@H]2C[C@H]3C=C[C@@H]2C3)cc1. The first-order chi connectivity index (χ1) is 14.3. The average molecular weight is 451 g/mol. The van der Waals surface area contributed by atoms with Crippen molar-refractivity contribution in [1.82, 2.24) is 20.5 Å². The molecule has 2 aliphatic rings. The van der Waals surface area contributed by atoms with E-state index in [9.17, 15) is 13.2 Å². The first-order valence-corrected chi connectivity index (χ1v) is 12.3. The molecule has 0 radical (unpaired) electrons. The van der Waals surface area contributed by atoms with Gasteiger partial charge in [0.05, 0.1) is 4.90 Å². The van der Waals surface area contributed by atoms with E-state index in [1.807, 2.05) is 13.8 Å². The van der Waals surface area contributed by atoms with Gasteiger partial charge >= 0.3 is 0 Å². The Hall–Kier alpha value is -1.97. The van der Waals surface area contributed by atoms with Crippen molar-refractivity contribution in [3.63, 3.8) is 0 Å². The largest absolute Gasteiger partial charge is 0.358 e. The highest BCUT2D eigenvalue weighted by atomic mass is 32.2. The number of sulfonamides is 1. The fraction of sp³-hybridized carbons (Fsp3) is 0.524. The lowest BCUT2D eigenvalue weighted by Gasteiger charge is -2.22. The Labute approximate surface area is 184 Å². The van der Waals surface area contributed by atoms with E-state index in [1.165, 1.54) is 28.6 Å². The van der Waals surface area contributed by atoms with Crippen LogP contribution < -0.4 is 16.2 Å². The number of carbonyl (C=O) groups is 1. The normalized spacial score (nSPS) is 22.3. The van der Waals surface area contributed by atoms with Gasteiger partial charge in [-0.25, -0.2) is 8.42 Å². The second-order valence-electron chi connectivity index (χ2n) is 7.87. The molecule has 2 bridgehead atoms. The maximum atomic E-state index is 12.8. The molecule has 2 aliphatic carbocycles. The van der Waals surface area contributed by atoms with Gasteiger partial charge in [0.2, 0.25) is 10.0 Å². The zero-order chi connectivity index (χ0) is 21.7. The third-order valence-electron chi connectivity index (χ3n) is 5.59. The number of benzene rings is 1. The number of hydrogen-bond acceptors (Lipinski definition) is 4. The van der Waals surface area contributed by atoms with Crippen molar-refractivity contribution in [2.75, 3.05) is 13.1 Å². The predicted molar refractivity (Wildman–Crippen MR) is 121 cm³/mol. The van der Waals surface area contributed by atoms with E-state index in [-0.39, 0.29) is 10.8 Å². The maximum Gasteiger partial charge on any atom is 0.269 e. The smallest absolute Gasteiger partial charge is 0.269 e. The molecule has 3 rings (SSSR count). The highest BCUT2D eigenvalue weighted by molar-refractivity contribution is 7.89. The number of amides is 1. The predicted octanol–water partition coefficient (Wildman–Crippen LogP) is 2.57. The Bertz CT molecular complexity index is 893. The molecular formula is C21H30N4O3S2. The summed E-state index contributed by atoms with van der Waals surface area (Å²) in [5.74, 6) is 0.750. The van der Waals surface area contributed by atoms with Gasteiger partial charge in [0, 0.05) is 24.7 Å². The second kappa shape index (κ2) is 9.89. The highest BCUT2D eigenvalue weighted by Gasteiger charge is 2.35. The summed E-state index contributed by atoms with van der Waals surface area (Å²) in [5.41, 5.74) is 5.65. The number of hydrogen-bond donors (Lipinski definition) is 3. The molecule has 9 heteroatoms. The van der Waals surface area contributed by atoms with E-state index < -0.39 is 10.0 Å². The van der Waals surface area contributed by atoms with Crippen LogP contribution in [0.2, 0.25) is 0 Å². The van der Waals surface area contributed by atoms with Gasteiger partial charge in [0.15, 0.2) is 5.11 Å². The molecule has 7 nitrogen and oxygen atoms in total. The number of nitrogens with zero attached hydrogens (tertiary/aromatic N) is 1. The van der Waals surface area contributed by atoms with E-state index in [4.69, 9.17) is 12.2 Å². The Morgan fingerprint density at radius 3 is 2.27 bits per heavy atom. The van der Waals surface area contributed by atoms with Gasteiger partial charge in [-0.2, -0.15) is 4.31 Å². The van der Waals surface area contributed by atoms with Crippen LogP contribution >= 0.6 is 12.2 Å². The minimum atomic E-state index is -3.56. The van der Waals surface area contributed by atoms with E-state index in [0.29, 0.717) is 41.6 Å². The zero-order valence-electron chi connectivity index (χ0n) is 17.4. The van der Waals surface area contributed by atoms with Crippen molar-refractivity contribution in [2.24, 2.45) is 11.8 Å². The second-order valence-corrected chi connectivity index (χ2v) is 10.2. The Kier molecular flexibility index (Phi) is 7.49. The molecule has 1 amide bonds. The molecule has 0 heterocycles. The summed E-state index contributed by atoms with van der Waals surface area (Å²) < 4.78 is 27.1. The molecule has 164 valence electrons. The van der Waals surface area contributed by atoms with Gasteiger partial charge < -0.3 is 5.32 Å². The molecular weight excluding hydrogens is 420 g/mol. The lowest BCUT2D eigenvalue weighted by molar-refractivity contribution is 0.0943. The van der Waals surface area contributed by atoms with Crippen LogP contribution in [-0.2, 0) is 10.0 Å². The minimum Gasteiger partial charge on any atom is -0.358 e. The van der Waals surface area contributed by atoms with Crippen LogP contribution in [0, 0.1) is 11.8 Å². The average Bonchev–Trinajstić information content (AvgIpc) is 3.35. The molecule has 3 atom stereocenters. The molecule has 0 spiro atoms. The number of nitrogens with one attached hydrogen (secondary N) is 3. The summed E-state index contributed by atoms with van der Waals surface area (Å²) in [5, 5.41) is 3.63. The van der Waals surface area contributed by atoms with Gasteiger partial charge in [-0.1, -0.05) is 26.0 Å². The van der Waals surface area contributed by atoms with E-state index in [0.717, 1.165) is 25.7 Å². The minimum absolute atomic E-state index is 0.190. The van der Waals surface area contributed by atoms with E-state index >= 15 is 0 Å². The fourth-order valence-corrected chi connectivity index (χ4v) is 5.94. The number of rotatable bonds is 8. The first-order valence-electron chi connectivity index (χ1n) is 10.5. The van der Waals surface area contributed by atoms with Crippen molar-refractivity contribution in [2.45, 2.75) is 50.5 Å². The van der Waals surface area contributed by atoms with Crippen LogP contribution in [0.5, 0.6) is 0 Å². The molecule has 1 fully saturated rings. The monoisotopic (exact) mass is 450 g/mol. The molecule has 1 aromatic rings. The summed E-state index contributed by atoms with van der Waals surface area (Å²) >= 11 is 5.28. The molecule has 0 saturated heterocycles. The molecule has 0 aliphatic heterocycles. The van der Waals surface area contributed by atoms with Crippen molar-refractivity contribution < 1.29 is 13.2 Å². The summed E-state index contributed by atoms with van der Waals surface area (Å²) in [6.07, 6.45) is 8.20. The molecule has 3 N–H and O–H groups in total. The zero-order valence-corrected chi connectivity index (χ0v) is 19.1. The van der Waals surface area contributed by atoms with Crippen LogP contribution in [0.3, 0.4) is 0 Å². The molecule has 30 heavy (non-hydrogen) atoms. The quantitative estimate of drug-likeness (QED) is 0.320. The van der Waals surface area contributed by atoms with Crippen LogP contribution in [0.1, 0.15) is 49.9 Å². The van der Waals surface area contributed by atoms with Crippen LogP contribution in [-0.4, -0.2) is 42.9 Å². The summed E-state index contributed by atoms with van der Waals surface area (Å²) in [7, 11) is -3.56. The van der Waals surface area contributed by atoms with Gasteiger partial charge in [0.1, 0.15) is 0 Å². The summed E-state index contributed by atoms with van der Waals surface area (Å²) in [6.45, 7) is 4.86. The third kappa shape index (κ3) is 5.19. The van der Waals surface area contributed by atoms with Crippen molar-refractivity contribution >= 4 is 33.3 Å². The van der Waals surface area contributed by atoms with E-state index in [2.05, 4.69) is 28.3 Å². The number of carbonyl (C=O) groups excluding carboxylic acids is 1. The molecule has 1 aromatic carbocycles. The Balaban J connectivity index is 1.54. The summed E-state index contributed by atoms with van der Waals surface area (Å²) in [6, 6.07) is 6.27. The highest BCUT2D eigenvalue weighted by Crippen LogP contribution is 2.38. The maximum absolute atomic E-state index is 12.8. The molecule has 0 unspecified atom stereocenters. The number of thiocarbonyl (C=S) groups is 1. The standard InChI is InChI=1S/C21H30N4O3S2/c1-3-11-25(12-4-2)30(27,28)18-9-7-16(8-10-18)20(26)23-24-21(29)22-19-14-15-5-6-17(19)13-15/h5-10,15,17,19H,3-4,11-14H2,1-2H3,(H,23,26)(H2,22,24,29)/t15-,17+,19-/m0/s1. The number of allylic oxidation sites excluding steroid dienone is 1. The lowest BCUT2D eigenvalue weighted by atomic mass is 10.0. The van der Waals surface area contributed by atoms with E-state index in [1.54, 1.807) is 0 Å². The van der Waals surface area contributed by atoms with Gasteiger partial charge in [-0.3, -0.25) is 15.6 Å². The van der Waals surface area contributed by atoms with Gasteiger partial charge in [0.25, 0.3) is 5.91 Å². The van der Waals surface area contributed by atoms with Crippen molar-refractivity contribution in [3.05, 3.63) is 42.0 Å². The van der Waals surface area contributed by atoms with Crippen molar-refractivity contribution in [3.8, 4) is 0 Å². The van der Waals surface area contributed by atoms with Gasteiger partial charge in [-0.05, 0) is 74.0 Å². The molecule has 0 aromatic heterocycles. The van der Waals surface area contributed by atoms with Crippen LogP contribution in [0.15, 0.2) is 41.3 Å². The number of fused-ring (bicyclic) bond motifs is 2. The topological polar surface area (TPSA) is 90.5 Å². The Morgan fingerprint density at radius 1 is 1.07 bits per heavy atom. The van der Waals surface area contributed by atoms with Gasteiger partial charge in [-0.15, -0.1) is 0 Å². The number of hydrazine groups is 1. The lowest BCUT2D eigenvalue weighted by Crippen LogP contribution is -2.50. The third-order valence-corrected chi connectivity index (χ3v) is 7.72.